The van der Waals surface area contributed by atoms with E-state index in [4.69, 9.17) is 5.11 Å². The topological polar surface area (TPSA) is 94.0 Å². The van der Waals surface area contributed by atoms with Crippen LogP contribution in [0, 0.1) is 0 Å². The van der Waals surface area contributed by atoms with E-state index in [0.29, 0.717) is 25.9 Å². The number of hydrogen-bond acceptors (Lipinski definition) is 5. The zero-order valence-corrected chi connectivity index (χ0v) is 12.3. The molecule has 22 heavy (non-hydrogen) atoms. The summed E-state index contributed by atoms with van der Waals surface area (Å²) in [6, 6.07) is 7.77. The summed E-state index contributed by atoms with van der Waals surface area (Å²) in [6.45, 7) is 0.773. The maximum absolute atomic E-state index is 12.2. The molecule has 3 atom stereocenters. The Hall–Kier alpha value is -1.76. The molecule has 1 amide bonds. The van der Waals surface area contributed by atoms with Crippen LogP contribution in [0.2, 0.25) is 0 Å². The Morgan fingerprint density at radius 1 is 1.50 bits per heavy atom. The molecule has 4 N–H and O–H groups in total. The van der Waals surface area contributed by atoms with Crippen LogP contribution in [0.4, 0.5) is 5.69 Å². The number of hydrogen-bond donors (Lipinski definition) is 4. The second-order valence-corrected chi connectivity index (χ2v) is 5.99. The molecule has 0 radical (unpaired) electrons. The molecule has 3 unspecified atom stereocenters. The molecule has 1 aromatic carbocycles. The van der Waals surface area contributed by atoms with E-state index in [-0.39, 0.29) is 24.0 Å². The largest absolute Gasteiger partial charge is 0.394 e. The molecule has 3 rings (SSSR count). The zero-order valence-electron chi connectivity index (χ0n) is 12.3. The van der Waals surface area contributed by atoms with Gasteiger partial charge in [0.05, 0.1) is 24.4 Å². The fourth-order valence-electron chi connectivity index (χ4n) is 3.15. The standard InChI is InChI=1S/C16H21N3O3/c20-8-11(21)5-6-17-15(22)14-7-16(10-19-14)9-18-13-4-2-1-3-12(13)16/h1-4,9,11,14,19-21H,5-8,10H2,(H,17,22). The maximum atomic E-state index is 12.2. The number of carbonyl (C=O) groups is 1. The van der Waals surface area contributed by atoms with Crippen LogP contribution >= 0.6 is 0 Å². The fraction of sp³-hybridized carbons (Fsp3) is 0.500. The number of aliphatic hydroxyl groups is 2. The number of aliphatic imine (C=N–C) groups is 1. The van der Waals surface area contributed by atoms with Crippen molar-refractivity contribution in [3.05, 3.63) is 29.8 Å². The van der Waals surface area contributed by atoms with Gasteiger partial charge in [-0.15, -0.1) is 0 Å². The Kier molecular flexibility index (Phi) is 4.24. The van der Waals surface area contributed by atoms with Gasteiger partial charge in [-0.3, -0.25) is 9.79 Å². The normalized spacial score (nSPS) is 27.1. The minimum absolute atomic E-state index is 0.0696. The van der Waals surface area contributed by atoms with Gasteiger partial charge in [0.2, 0.25) is 5.91 Å². The van der Waals surface area contributed by atoms with Gasteiger partial charge in [0.25, 0.3) is 0 Å². The lowest BCUT2D eigenvalue weighted by Crippen LogP contribution is -2.41. The smallest absolute Gasteiger partial charge is 0.237 e. The van der Waals surface area contributed by atoms with E-state index < -0.39 is 6.10 Å². The van der Waals surface area contributed by atoms with Crippen molar-refractivity contribution in [1.29, 1.82) is 0 Å². The first-order valence-corrected chi connectivity index (χ1v) is 7.59. The van der Waals surface area contributed by atoms with Crippen LogP contribution in [0.15, 0.2) is 29.3 Å². The van der Waals surface area contributed by atoms with Crippen molar-refractivity contribution in [3.8, 4) is 0 Å². The average Bonchev–Trinajstić information content (AvgIpc) is 3.13. The lowest BCUT2D eigenvalue weighted by Gasteiger charge is -2.20. The highest BCUT2D eigenvalue weighted by atomic mass is 16.3. The number of benzene rings is 1. The fourth-order valence-corrected chi connectivity index (χ4v) is 3.15. The van der Waals surface area contributed by atoms with Gasteiger partial charge in [-0.05, 0) is 24.5 Å². The third-order valence-electron chi connectivity index (χ3n) is 4.43. The van der Waals surface area contributed by atoms with Gasteiger partial charge in [0, 0.05) is 24.7 Å². The van der Waals surface area contributed by atoms with Crippen LogP contribution in [0.3, 0.4) is 0 Å². The molecule has 118 valence electrons. The number of rotatable bonds is 5. The van der Waals surface area contributed by atoms with Gasteiger partial charge in [-0.25, -0.2) is 0 Å². The molecule has 0 aromatic heterocycles. The van der Waals surface area contributed by atoms with E-state index in [2.05, 4.69) is 21.7 Å². The molecule has 2 aliphatic rings. The van der Waals surface area contributed by atoms with E-state index in [1.54, 1.807) is 0 Å². The summed E-state index contributed by atoms with van der Waals surface area (Å²) in [5.41, 5.74) is 1.97. The lowest BCUT2D eigenvalue weighted by atomic mass is 9.80. The number of aliphatic hydroxyl groups excluding tert-OH is 2. The predicted octanol–water partition coefficient (Wildman–Crippen LogP) is -0.138. The van der Waals surface area contributed by atoms with Crippen molar-refractivity contribution < 1.29 is 15.0 Å². The van der Waals surface area contributed by atoms with E-state index in [0.717, 1.165) is 5.69 Å². The molecule has 1 spiro atoms. The van der Waals surface area contributed by atoms with Crippen LogP contribution in [0.1, 0.15) is 18.4 Å². The first-order chi connectivity index (χ1) is 10.6. The summed E-state index contributed by atoms with van der Waals surface area (Å²) in [6.07, 6.45) is 2.21. The van der Waals surface area contributed by atoms with Crippen LogP contribution in [0.5, 0.6) is 0 Å². The highest BCUT2D eigenvalue weighted by molar-refractivity contribution is 5.89. The van der Waals surface area contributed by atoms with Crippen molar-refractivity contribution in [1.82, 2.24) is 10.6 Å². The Morgan fingerprint density at radius 3 is 3.14 bits per heavy atom. The summed E-state index contributed by atoms with van der Waals surface area (Å²) in [4.78, 5) is 16.7. The summed E-state index contributed by atoms with van der Waals surface area (Å²) in [5, 5.41) is 24.1. The third-order valence-corrected chi connectivity index (χ3v) is 4.43. The number of nitrogens with one attached hydrogen (secondary N) is 2. The minimum Gasteiger partial charge on any atom is -0.394 e. The molecule has 1 fully saturated rings. The predicted molar refractivity (Wildman–Crippen MR) is 83.4 cm³/mol. The minimum atomic E-state index is -0.781. The first kappa shape index (κ1) is 15.1. The number of amides is 1. The van der Waals surface area contributed by atoms with Crippen molar-refractivity contribution in [3.63, 3.8) is 0 Å². The Labute approximate surface area is 129 Å². The number of carbonyl (C=O) groups excluding carboxylic acids is 1. The Morgan fingerprint density at radius 2 is 2.32 bits per heavy atom. The van der Waals surface area contributed by atoms with E-state index >= 15 is 0 Å². The molecule has 0 bridgehead atoms. The van der Waals surface area contributed by atoms with Crippen molar-refractivity contribution >= 4 is 17.8 Å². The quantitative estimate of drug-likeness (QED) is 0.609. The number of fused-ring (bicyclic) bond motifs is 2. The van der Waals surface area contributed by atoms with E-state index in [1.165, 1.54) is 5.56 Å². The lowest BCUT2D eigenvalue weighted by molar-refractivity contribution is -0.122. The molecule has 0 saturated carbocycles. The zero-order chi connectivity index (χ0) is 15.6. The molecule has 6 nitrogen and oxygen atoms in total. The molecule has 1 saturated heterocycles. The second kappa shape index (κ2) is 6.16. The maximum Gasteiger partial charge on any atom is 0.237 e. The molecule has 0 aliphatic carbocycles. The highest BCUT2D eigenvalue weighted by Gasteiger charge is 2.45. The van der Waals surface area contributed by atoms with Crippen LogP contribution in [0.25, 0.3) is 0 Å². The highest BCUT2D eigenvalue weighted by Crippen LogP contribution is 2.41. The van der Waals surface area contributed by atoms with Crippen molar-refractivity contribution in [2.75, 3.05) is 19.7 Å². The first-order valence-electron chi connectivity index (χ1n) is 7.59. The molecule has 6 heteroatoms. The SMILES string of the molecule is O=C(NCCC(O)CO)C1CC2(C=Nc3ccccc32)CN1. The monoisotopic (exact) mass is 303 g/mol. The molecular weight excluding hydrogens is 282 g/mol. The molecule has 2 aliphatic heterocycles. The third kappa shape index (κ3) is 2.77. The summed E-state index contributed by atoms with van der Waals surface area (Å²) in [7, 11) is 0. The Balaban J connectivity index is 1.59. The summed E-state index contributed by atoms with van der Waals surface area (Å²) >= 11 is 0. The van der Waals surface area contributed by atoms with Crippen molar-refractivity contribution in [2.45, 2.75) is 30.4 Å². The van der Waals surface area contributed by atoms with Crippen molar-refractivity contribution in [2.24, 2.45) is 4.99 Å². The van der Waals surface area contributed by atoms with Gasteiger partial charge in [0.1, 0.15) is 0 Å². The Bertz CT molecular complexity index is 590. The summed E-state index contributed by atoms with van der Waals surface area (Å²) < 4.78 is 0. The van der Waals surface area contributed by atoms with Crippen LogP contribution < -0.4 is 10.6 Å². The molecule has 2 heterocycles. The van der Waals surface area contributed by atoms with Crippen LogP contribution in [-0.2, 0) is 10.2 Å². The average molecular weight is 303 g/mol. The summed E-state index contributed by atoms with van der Waals surface area (Å²) in [5.74, 6) is -0.0696. The van der Waals surface area contributed by atoms with Gasteiger partial charge >= 0.3 is 0 Å². The molecule has 1 aromatic rings. The van der Waals surface area contributed by atoms with Gasteiger partial charge in [-0.1, -0.05) is 18.2 Å². The van der Waals surface area contributed by atoms with E-state index in [1.807, 2.05) is 24.4 Å². The van der Waals surface area contributed by atoms with Gasteiger partial charge in [0.15, 0.2) is 0 Å². The second-order valence-electron chi connectivity index (χ2n) is 5.99. The number of para-hydroxylation sites is 1. The molecular formula is C16H21N3O3. The van der Waals surface area contributed by atoms with E-state index in [9.17, 15) is 9.90 Å². The number of nitrogens with zero attached hydrogens (tertiary/aromatic N) is 1. The van der Waals surface area contributed by atoms with Gasteiger partial charge < -0.3 is 20.8 Å². The van der Waals surface area contributed by atoms with Gasteiger partial charge in [-0.2, -0.15) is 0 Å². The van der Waals surface area contributed by atoms with Crippen LogP contribution in [-0.4, -0.2) is 54.2 Å².